The van der Waals surface area contributed by atoms with Crippen LogP contribution in [0.5, 0.6) is 0 Å². The summed E-state index contributed by atoms with van der Waals surface area (Å²) >= 11 is 19.7. The van der Waals surface area contributed by atoms with E-state index >= 15 is 0 Å². The Labute approximate surface area is 134 Å². The molecule has 0 aromatic carbocycles. The fraction of sp³-hybridized carbons (Fsp3) is 0.0833. The van der Waals surface area contributed by atoms with Gasteiger partial charge >= 0.3 is 0 Å². The summed E-state index contributed by atoms with van der Waals surface area (Å²) in [5, 5.41) is 1.10. The molecule has 7 heteroatoms. The summed E-state index contributed by atoms with van der Waals surface area (Å²) in [5.41, 5.74) is 0.451. The fourth-order valence-corrected chi connectivity index (χ4v) is 2.03. The fourth-order valence-electron chi connectivity index (χ4n) is 1.03. The smallest absolute Gasteiger partial charge is 0.179 e. The molecule has 0 atom stereocenters. The van der Waals surface area contributed by atoms with Crippen molar-refractivity contribution < 1.29 is 4.79 Å². The average Bonchev–Trinajstić information content (AvgIpc) is 2.38. The van der Waals surface area contributed by atoms with Crippen molar-refractivity contribution in [2.24, 2.45) is 0 Å². The third-order valence-corrected chi connectivity index (χ3v) is 2.91. The summed E-state index contributed by atoms with van der Waals surface area (Å²) < 4.78 is 0.907. The zero-order valence-corrected chi connectivity index (χ0v) is 13.3. The number of pyridine rings is 2. The van der Waals surface area contributed by atoms with E-state index in [0.717, 1.165) is 4.47 Å². The van der Waals surface area contributed by atoms with Gasteiger partial charge in [0.2, 0.25) is 0 Å². The lowest BCUT2D eigenvalue weighted by Gasteiger charge is -1.94. The van der Waals surface area contributed by atoms with Crippen molar-refractivity contribution >= 4 is 56.5 Å². The summed E-state index contributed by atoms with van der Waals surface area (Å²) in [7, 11) is 0. The van der Waals surface area contributed by atoms with Crippen LogP contribution in [-0.2, 0) is 0 Å². The molecule has 0 N–H and O–H groups in total. The molecule has 0 saturated heterocycles. The molecule has 100 valence electrons. The number of ketones is 1. The third kappa shape index (κ3) is 6.34. The topological polar surface area (TPSA) is 42.9 Å². The van der Waals surface area contributed by atoms with Crippen molar-refractivity contribution in [3.8, 4) is 0 Å². The normalized spacial score (nSPS) is 9.47. The molecule has 3 nitrogen and oxygen atoms in total. The summed E-state index contributed by atoms with van der Waals surface area (Å²) in [6.45, 7) is 0. The first-order valence-corrected chi connectivity index (χ1v) is 7.07. The van der Waals surface area contributed by atoms with Gasteiger partial charge in [0.1, 0.15) is 0 Å². The molecule has 0 bridgehead atoms. The molecule has 0 fully saturated rings. The molecule has 0 aliphatic heterocycles. The number of rotatable bonds is 2. The molecule has 0 radical (unpaired) electrons. The molecule has 2 heterocycles. The monoisotopic (exact) mass is 380 g/mol. The van der Waals surface area contributed by atoms with Gasteiger partial charge in [-0.1, -0.05) is 23.2 Å². The number of Topliss-reactive ketones (excluding diaryl/α,β-unsaturated/α-hetero) is 1. The van der Waals surface area contributed by atoms with Crippen LogP contribution in [0.15, 0.2) is 41.4 Å². The van der Waals surface area contributed by atoms with Crippen molar-refractivity contribution in [3.63, 3.8) is 0 Å². The summed E-state index contributed by atoms with van der Waals surface area (Å²) in [6.07, 6.45) is 6.18. The summed E-state index contributed by atoms with van der Waals surface area (Å²) in [4.78, 5) is 18.5. The van der Waals surface area contributed by atoms with Crippen LogP contribution < -0.4 is 0 Å². The van der Waals surface area contributed by atoms with Crippen LogP contribution in [0.2, 0.25) is 10.0 Å². The van der Waals surface area contributed by atoms with Gasteiger partial charge in [0.15, 0.2) is 5.78 Å². The van der Waals surface area contributed by atoms with E-state index in [-0.39, 0.29) is 11.7 Å². The number of halogens is 4. The second kappa shape index (κ2) is 8.48. The zero-order chi connectivity index (χ0) is 14.3. The number of carbonyl (C=O) groups excluding carboxylic acids is 1. The Balaban J connectivity index is 0.000000200. The summed E-state index contributed by atoms with van der Waals surface area (Å²) in [6, 6.07) is 3.33. The Morgan fingerprint density at radius 1 is 1.05 bits per heavy atom. The van der Waals surface area contributed by atoms with Crippen LogP contribution in [0.25, 0.3) is 0 Å². The molecule has 2 rings (SSSR count). The average molecular weight is 382 g/mol. The molecule has 19 heavy (non-hydrogen) atoms. The minimum Gasteiger partial charge on any atom is -0.293 e. The van der Waals surface area contributed by atoms with Crippen LogP contribution in [0, 0.1) is 0 Å². The quantitative estimate of drug-likeness (QED) is 0.561. The Bertz CT molecular complexity index is 549. The molecule has 2 aromatic heterocycles. The van der Waals surface area contributed by atoms with Gasteiger partial charge < -0.3 is 0 Å². The lowest BCUT2D eigenvalue weighted by molar-refractivity contribution is 0.102. The van der Waals surface area contributed by atoms with Gasteiger partial charge in [-0.25, -0.2) is 0 Å². The Morgan fingerprint density at radius 2 is 1.63 bits per heavy atom. The van der Waals surface area contributed by atoms with Crippen LogP contribution in [0.4, 0.5) is 0 Å². The van der Waals surface area contributed by atoms with Crippen molar-refractivity contribution in [1.29, 1.82) is 0 Å². The summed E-state index contributed by atoms with van der Waals surface area (Å²) in [5.74, 6) is -0.205. The van der Waals surface area contributed by atoms with Crippen LogP contribution in [0.3, 0.4) is 0 Å². The van der Waals surface area contributed by atoms with E-state index in [1.165, 1.54) is 12.4 Å². The predicted molar refractivity (Wildman–Crippen MR) is 81.2 cm³/mol. The van der Waals surface area contributed by atoms with Gasteiger partial charge in [-0.2, -0.15) is 0 Å². The van der Waals surface area contributed by atoms with E-state index in [9.17, 15) is 4.79 Å². The van der Waals surface area contributed by atoms with Crippen molar-refractivity contribution in [1.82, 2.24) is 9.97 Å². The first-order valence-electron chi connectivity index (χ1n) is 4.98. The highest BCUT2D eigenvalue weighted by molar-refractivity contribution is 9.10. The van der Waals surface area contributed by atoms with Gasteiger partial charge in [-0.05, 0) is 28.1 Å². The van der Waals surface area contributed by atoms with Crippen molar-refractivity contribution in [2.45, 2.75) is 0 Å². The van der Waals surface area contributed by atoms with E-state index < -0.39 is 0 Å². The molecule has 0 amide bonds. The van der Waals surface area contributed by atoms with Crippen molar-refractivity contribution in [2.75, 3.05) is 5.88 Å². The molecule has 0 unspecified atom stereocenters. The number of aromatic nitrogens is 2. The van der Waals surface area contributed by atoms with E-state index in [1.54, 1.807) is 24.5 Å². The second-order valence-corrected chi connectivity index (χ2v) is 5.33. The van der Waals surface area contributed by atoms with E-state index in [2.05, 4.69) is 25.9 Å². The number of hydrogen-bond donors (Lipinski definition) is 0. The number of nitrogens with zero attached hydrogens (tertiary/aromatic N) is 2. The first-order chi connectivity index (χ1) is 9.02. The van der Waals surface area contributed by atoms with Crippen LogP contribution >= 0.6 is 50.7 Å². The number of hydrogen-bond acceptors (Lipinski definition) is 3. The Hall–Kier alpha value is -0.680. The molecular formula is C12H8BrCl3N2O. The molecule has 0 aliphatic carbocycles. The highest BCUT2D eigenvalue weighted by Crippen LogP contribution is 2.12. The lowest BCUT2D eigenvalue weighted by atomic mass is 10.2. The molecule has 2 aromatic rings. The molecule has 0 aliphatic rings. The maximum Gasteiger partial charge on any atom is 0.179 e. The SMILES string of the molecule is Clc1cncc(Br)c1.O=C(CCl)c1cncc(Cl)c1. The first kappa shape index (κ1) is 16.4. The van der Waals surface area contributed by atoms with E-state index in [0.29, 0.717) is 15.6 Å². The standard InChI is InChI=1S/C7H5Cl2NO.C5H3BrClN/c8-2-7(11)5-1-6(9)4-10-3-5;6-4-1-5(7)3-8-2-4/h1,3-4H,2H2;1-3H. The second-order valence-electron chi connectivity index (χ2n) is 3.27. The van der Waals surface area contributed by atoms with Gasteiger partial charge in [0, 0.05) is 34.8 Å². The molecule has 0 spiro atoms. The van der Waals surface area contributed by atoms with Gasteiger partial charge in [-0.3, -0.25) is 14.8 Å². The Kier molecular flexibility index (Phi) is 7.31. The highest BCUT2D eigenvalue weighted by Gasteiger charge is 2.03. The maximum atomic E-state index is 10.9. The van der Waals surface area contributed by atoms with Crippen LogP contribution in [0.1, 0.15) is 10.4 Å². The lowest BCUT2D eigenvalue weighted by Crippen LogP contribution is -2.00. The van der Waals surface area contributed by atoms with E-state index in [4.69, 9.17) is 34.8 Å². The highest BCUT2D eigenvalue weighted by atomic mass is 79.9. The predicted octanol–water partition coefficient (Wildman–Crippen LogP) is 4.65. The maximum absolute atomic E-state index is 10.9. The zero-order valence-electron chi connectivity index (χ0n) is 9.49. The van der Waals surface area contributed by atoms with Gasteiger partial charge in [0.25, 0.3) is 0 Å². The van der Waals surface area contributed by atoms with Gasteiger partial charge in [0.05, 0.1) is 15.9 Å². The van der Waals surface area contributed by atoms with Crippen LogP contribution in [-0.4, -0.2) is 21.6 Å². The van der Waals surface area contributed by atoms with Crippen molar-refractivity contribution in [3.05, 3.63) is 57.0 Å². The minimum atomic E-state index is -0.165. The van der Waals surface area contributed by atoms with E-state index in [1.807, 2.05) is 0 Å². The molecule has 0 saturated carbocycles. The minimum absolute atomic E-state index is 0.0397. The largest absolute Gasteiger partial charge is 0.293 e. The van der Waals surface area contributed by atoms with Gasteiger partial charge in [-0.15, -0.1) is 11.6 Å². The Morgan fingerprint density at radius 3 is 2.05 bits per heavy atom. The third-order valence-electron chi connectivity index (χ3n) is 1.82. The number of carbonyl (C=O) groups is 1. The number of alkyl halides is 1. The molecular weight excluding hydrogens is 374 g/mol.